The Hall–Kier alpha value is -6.36. The topological polar surface area (TPSA) is 221 Å². The third kappa shape index (κ3) is 8.14. The molecule has 0 aliphatic carbocycles. The van der Waals surface area contributed by atoms with E-state index in [-0.39, 0.29) is 23.9 Å². The fraction of sp³-hybridized carbons (Fsp3) is 0.400. The lowest BCUT2D eigenvalue weighted by Gasteiger charge is -2.30. The first-order chi connectivity index (χ1) is 27.6. The van der Waals surface area contributed by atoms with Crippen LogP contribution < -0.4 is 10.6 Å². The number of hydrogen-bond donors (Lipinski definition) is 5. The summed E-state index contributed by atoms with van der Waals surface area (Å²) in [6.07, 6.45) is 6.83. The molecule has 0 radical (unpaired) electrons. The van der Waals surface area contributed by atoms with E-state index in [0.29, 0.717) is 42.5 Å². The van der Waals surface area contributed by atoms with Gasteiger partial charge in [0.1, 0.15) is 23.7 Å². The van der Waals surface area contributed by atoms with E-state index in [9.17, 15) is 24.3 Å². The molecule has 0 bridgehead atoms. The number of carbonyl (C=O) groups is 4. The van der Waals surface area contributed by atoms with Gasteiger partial charge >= 0.3 is 12.2 Å². The van der Waals surface area contributed by atoms with Gasteiger partial charge in [-0.05, 0) is 49.3 Å². The number of H-pyrrole nitrogens is 2. The summed E-state index contributed by atoms with van der Waals surface area (Å²) in [7, 11) is 2.48. The van der Waals surface area contributed by atoms with E-state index in [1.165, 1.54) is 14.2 Å². The van der Waals surface area contributed by atoms with Crippen LogP contribution in [0.15, 0.2) is 61.1 Å². The lowest BCUT2D eigenvalue weighted by atomic mass is 10.0. The molecule has 4 amide bonds. The molecule has 2 aliphatic heterocycles. The summed E-state index contributed by atoms with van der Waals surface area (Å²) in [5, 5.41) is 14.8. The first-order valence-electron chi connectivity index (χ1n) is 19.0. The Morgan fingerprint density at radius 2 is 1.37 bits per heavy atom. The zero-order valence-electron chi connectivity index (χ0n) is 32.2. The van der Waals surface area contributed by atoms with Gasteiger partial charge in [-0.15, -0.1) is 0 Å². The fourth-order valence-corrected chi connectivity index (χ4v) is 7.54. The number of imidazole rings is 2. The Labute approximate surface area is 328 Å². The van der Waals surface area contributed by atoms with Gasteiger partial charge in [0, 0.05) is 24.2 Å². The number of rotatable bonds is 11. The van der Waals surface area contributed by atoms with E-state index in [1.807, 2.05) is 56.3 Å². The van der Waals surface area contributed by atoms with Crippen molar-refractivity contribution in [2.75, 3.05) is 33.9 Å². The van der Waals surface area contributed by atoms with Gasteiger partial charge in [-0.2, -0.15) is 0 Å². The molecule has 0 saturated carbocycles. The van der Waals surface area contributed by atoms with E-state index in [1.54, 1.807) is 28.4 Å². The number of hydrogen-bond acceptors (Lipinski definition) is 11. The first kappa shape index (κ1) is 38.9. The Morgan fingerprint density at radius 3 is 2.00 bits per heavy atom. The van der Waals surface area contributed by atoms with Crippen LogP contribution in [0.5, 0.6) is 0 Å². The molecule has 4 atom stereocenters. The van der Waals surface area contributed by atoms with Crippen LogP contribution in [0, 0.1) is 5.92 Å². The lowest BCUT2D eigenvalue weighted by molar-refractivity contribution is -0.136. The van der Waals surface area contributed by atoms with Gasteiger partial charge in [0.05, 0.1) is 79.6 Å². The van der Waals surface area contributed by atoms with Crippen molar-refractivity contribution in [2.24, 2.45) is 5.92 Å². The molecular formula is C40H46N10O7. The number of nitrogens with one attached hydrogen (secondary N) is 4. The van der Waals surface area contributed by atoms with Gasteiger partial charge in [-0.3, -0.25) is 19.6 Å². The van der Waals surface area contributed by atoms with Crippen LogP contribution in [-0.2, 0) is 19.1 Å². The third-order valence-corrected chi connectivity index (χ3v) is 10.6. The molecule has 5 N–H and O–H groups in total. The summed E-state index contributed by atoms with van der Waals surface area (Å²) >= 11 is 0. The van der Waals surface area contributed by atoms with Gasteiger partial charge in [0.15, 0.2) is 0 Å². The average molecular weight is 779 g/mol. The van der Waals surface area contributed by atoms with Gasteiger partial charge in [-0.25, -0.2) is 19.6 Å². The predicted molar refractivity (Wildman–Crippen MR) is 208 cm³/mol. The van der Waals surface area contributed by atoms with Crippen molar-refractivity contribution < 1.29 is 33.8 Å². The number of aromatic amines is 2. The highest BCUT2D eigenvalue weighted by Gasteiger charge is 2.38. The smallest absolute Gasteiger partial charge is 0.407 e. The van der Waals surface area contributed by atoms with Crippen molar-refractivity contribution >= 4 is 35.0 Å². The van der Waals surface area contributed by atoms with E-state index in [4.69, 9.17) is 19.7 Å². The Bertz CT molecular complexity index is 2240. The summed E-state index contributed by atoms with van der Waals surface area (Å²) in [5.74, 6) is 0.645. The highest BCUT2D eigenvalue weighted by Crippen LogP contribution is 2.35. The highest BCUT2D eigenvalue weighted by molar-refractivity contribution is 5.87. The maximum Gasteiger partial charge on any atom is 0.407 e. The second-order valence-corrected chi connectivity index (χ2v) is 14.5. The van der Waals surface area contributed by atoms with Crippen LogP contribution in [0.1, 0.15) is 63.3 Å². The third-order valence-electron chi connectivity index (χ3n) is 10.6. The monoisotopic (exact) mass is 778 g/mol. The molecule has 5 aromatic rings. The van der Waals surface area contributed by atoms with E-state index in [2.05, 4.69) is 30.3 Å². The summed E-state index contributed by atoms with van der Waals surface area (Å²) in [5.41, 5.74) is 6.36. The minimum Gasteiger partial charge on any atom is -0.453 e. The van der Waals surface area contributed by atoms with E-state index >= 15 is 0 Å². The van der Waals surface area contributed by atoms with Crippen LogP contribution in [0.2, 0.25) is 0 Å². The van der Waals surface area contributed by atoms with Gasteiger partial charge in [0.25, 0.3) is 0 Å². The standard InChI is InChI=1S/C40H46N10O7/c1-22(2)34(48-40(55)57-4)38(53)50-16-5-7-32(50)35-43-20-30(46-35)24-11-9-23(10-12-24)28-18-42-29(19-41-28)25-13-14-26-27(17-25)45-36(44-26)33-8-6-15-49(33)37(52)31(21-51)47-39(54)56-3/h9-14,17-20,22,31-34,51H,5-8,15-16,21H2,1-4H3,(H,43,46)(H,44,45)(H,47,54)(H,48,55)/t31-,32-,33-,34?/m0/s1. The number of ether oxygens (including phenoxy) is 2. The molecule has 3 aromatic heterocycles. The summed E-state index contributed by atoms with van der Waals surface area (Å²) in [6.45, 7) is 4.28. The number of alkyl carbamates (subject to hydrolysis) is 2. The molecule has 2 fully saturated rings. The number of likely N-dealkylation sites (tertiary alicyclic amines) is 2. The number of nitrogens with zero attached hydrogens (tertiary/aromatic N) is 6. The summed E-state index contributed by atoms with van der Waals surface area (Å²) in [6, 6.07) is 11.3. The average Bonchev–Trinajstić information content (AvgIpc) is 4.07. The number of fused-ring (bicyclic) bond motifs is 1. The zero-order valence-corrected chi connectivity index (χ0v) is 32.2. The van der Waals surface area contributed by atoms with Crippen molar-refractivity contribution in [1.29, 1.82) is 0 Å². The number of carbonyl (C=O) groups excluding carboxylic acids is 4. The fourth-order valence-electron chi connectivity index (χ4n) is 7.54. The van der Waals surface area contributed by atoms with Crippen LogP contribution in [0.4, 0.5) is 9.59 Å². The van der Waals surface area contributed by atoms with Gasteiger partial charge in [0.2, 0.25) is 11.8 Å². The van der Waals surface area contributed by atoms with Crippen molar-refractivity contribution in [3.8, 4) is 33.8 Å². The number of benzene rings is 2. The molecule has 57 heavy (non-hydrogen) atoms. The summed E-state index contributed by atoms with van der Waals surface area (Å²) in [4.78, 5) is 79.4. The second-order valence-electron chi connectivity index (χ2n) is 14.5. The largest absolute Gasteiger partial charge is 0.453 e. The predicted octanol–water partition coefficient (Wildman–Crippen LogP) is 4.50. The van der Waals surface area contributed by atoms with Gasteiger partial charge < -0.3 is 45.0 Å². The molecule has 17 heteroatoms. The molecule has 7 rings (SSSR count). The maximum atomic E-state index is 13.5. The quantitative estimate of drug-likeness (QED) is 0.126. The van der Waals surface area contributed by atoms with E-state index < -0.39 is 36.8 Å². The van der Waals surface area contributed by atoms with Crippen molar-refractivity contribution in [3.63, 3.8) is 0 Å². The molecule has 2 aliphatic rings. The number of aromatic nitrogens is 6. The normalized spacial score (nSPS) is 17.8. The Morgan fingerprint density at radius 1 is 0.772 bits per heavy atom. The zero-order chi connectivity index (χ0) is 40.2. The molecule has 17 nitrogen and oxygen atoms in total. The Kier molecular flexibility index (Phi) is 11.5. The SMILES string of the molecule is COC(=O)NC(C(=O)N1CCC[C@H]1c1ncc(-c2ccc(-c3cnc(-c4ccc5nc([C@@H]6CCCN6C(=O)[C@H](CO)NC(=O)OC)[nH]c5c4)cn3)cc2)[nH]1)C(C)C. The van der Waals surface area contributed by atoms with Crippen molar-refractivity contribution in [3.05, 3.63) is 72.7 Å². The second kappa shape index (κ2) is 16.8. The molecule has 2 aromatic carbocycles. The van der Waals surface area contributed by atoms with Crippen molar-refractivity contribution in [2.45, 2.75) is 63.7 Å². The molecule has 1 unspecified atom stereocenters. The molecular weight excluding hydrogens is 733 g/mol. The van der Waals surface area contributed by atoms with E-state index in [0.717, 1.165) is 52.7 Å². The number of amides is 4. The highest BCUT2D eigenvalue weighted by atomic mass is 16.5. The van der Waals surface area contributed by atoms with Crippen LogP contribution in [0.3, 0.4) is 0 Å². The number of methoxy groups -OCH3 is 2. The van der Waals surface area contributed by atoms with Crippen LogP contribution in [0.25, 0.3) is 44.8 Å². The lowest BCUT2D eigenvalue weighted by Crippen LogP contribution is -2.51. The minimum atomic E-state index is -1.12. The Balaban J connectivity index is 1.01. The minimum absolute atomic E-state index is 0.118. The molecule has 5 heterocycles. The van der Waals surface area contributed by atoms with Crippen LogP contribution >= 0.6 is 0 Å². The number of aliphatic hydroxyl groups is 1. The maximum absolute atomic E-state index is 13.5. The number of aliphatic hydroxyl groups excluding tert-OH is 1. The summed E-state index contributed by atoms with van der Waals surface area (Å²) < 4.78 is 9.35. The van der Waals surface area contributed by atoms with Gasteiger partial charge in [-0.1, -0.05) is 44.2 Å². The van der Waals surface area contributed by atoms with Crippen molar-refractivity contribution in [1.82, 2.24) is 50.3 Å². The first-order valence-corrected chi connectivity index (χ1v) is 19.0. The molecule has 2 saturated heterocycles. The molecule has 298 valence electrons. The molecule has 0 spiro atoms. The van der Waals surface area contributed by atoms with Crippen LogP contribution in [-0.4, -0.2) is 115 Å².